The molecular formula is C20H14FN3O. The summed E-state index contributed by atoms with van der Waals surface area (Å²) in [5.74, 6) is -0.887. The van der Waals surface area contributed by atoms with Crippen LogP contribution in [0, 0.1) is 5.82 Å². The number of nitrogens with zero attached hydrogens (tertiary/aromatic N) is 2. The highest BCUT2D eigenvalue weighted by molar-refractivity contribution is 6.04. The number of aromatic nitrogens is 2. The zero-order valence-corrected chi connectivity index (χ0v) is 13.2. The first-order valence-corrected chi connectivity index (χ1v) is 7.87. The van der Waals surface area contributed by atoms with Crippen molar-refractivity contribution in [2.75, 3.05) is 0 Å². The predicted octanol–water partition coefficient (Wildman–Crippen LogP) is 3.85. The van der Waals surface area contributed by atoms with Gasteiger partial charge in [0.25, 0.3) is 5.91 Å². The van der Waals surface area contributed by atoms with Crippen molar-refractivity contribution in [3.8, 4) is 0 Å². The lowest BCUT2D eigenvalue weighted by Crippen LogP contribution is -2.23. The van der Waals surface area contributed by atoms with Gasteiger partial charge in [0, 0.05) is 25.0 Å². The summed E-state index contributed by atoms with van der Waals surface area (Å²) in [6.07, 6.45) is 2.96. The summed E-state index contributed by atoms with van der Waals surface area (Å²) < 4.78 is 13.7. The van der Waals surface area contributed by atoms with Crippen LogP contribution in [-0.4, -0.2) is 15.9 Å². The summed E-state index contributed by atoms with van der Waals surface area (Å²) in [7, 11) is 0. The van der Waals surface area contributed by atoms with E-state index in [-0.39, 0.29) is 11.5 Å². The summed E-state index contributed by atoms with van der Waals surface area (Å²) in [4.78, 5) is 20.7. The third-order valence-electron chi connectivity index (χ3n) is 4.05. The van der Waals surface area contributed by atoms with Gasteiger partial charge >= 0.3 is 0 Å². The second kappa shape index (κ2) is 6.28. The number of fused-ring (bicyclic) bond motifs is 2. The Hall–Kier alpha value is -3.34. The molecule has 0 aliphatic carbocycles. The van der Waals surface area contributed by atoms with Crippen molar-refractivity contribution < 1.29 is 9.18 Å². The minimum absolute atomic E-state index is 0.184. The molecule has 1 heterocycles. The minimum atomic E-state index is -0.510. The van der Waals surface area contributed by atoms with Crippen molar-refractivity contribution in [3.05, 3.63) is 83.9 Å². The van der Waals surface area contributed by atoms with E-state index in [0.717, 1.165) is 16.3 Å². The SMILES string of the molecule is O=C(NCc1ccc2ccccc2c1)c1cc(F)cc2nccnc12. The topological polar surface area (TPSA) is 54.9 Å². The van der Waals surface area contributed by atoms with E-state index in [2.05, 4.69) is 15.3 Å². The fourth-order valence-electron chi connectivity index (χ4n) is 2.84. The predicted molar refractivity (Wildman–Crippen MR) is 94.6 cm³/mol. The van der Waals surface area contributed by atoms with Crippen molar-refractivity contribution in [2.45, 2.75) is 6.54 Å². The molecule has 3 aromatic carbocycles. The molecule has 0 atom stereocenters. The van der Waals surface area contributed by atoms with Crippen molar-refractivity contribution in [2.24, 2.45) is 0 Å². The molecule has 5 heteroatoms. The highest BCUT2D eigenvalue weighted by Crippen LogP contribution is 2.18. The molecule has 1 N–H and O–H groups in total. The van der Waals surface area contributed by atoms with E-state index in [0.29, 0.717) is 17.6 Å². The highest BCUT2D eigenvalue weighted by atomic mass is 19.1. The molecule has 1 amide bonds. The van der Waals surface area contributed by atoms with Crippen LogP contribution in [0.5, 0.6) is 0 Å². The first-order valence-electron chi connectivity index (χ1n) is 7.87. The van der Waals surface area contributed by atoms with E-state index < -0.39 is 5.82 Å². The summed E-state index contributed by atoms with van der Waals surface area (Å²) >= 11 is 0. The number of rotatable bonds is 3. The second-order valence-electron chi connectivity index (χ2n) is 5.74. The van der Waals surface area contributed by atoms with Gasteiger partial charge in [-0.3, -0.25) is 14.8 Å². The van der Waals surface area contributed by atoms with Gasteiger partial charge in [-0.25, -0.2) is 4.39 Å². The van der Waals surface area contributed by atoms with Crippen LogP contribution in [0.25, 0.3) is 21.8 Å². The summed E-state index contributed by atoms with van der Waals surface area (Å²) in [6.45, 7) is 0.349. The minimum Gasteiger partial charge on any atom is -0.348 e. The molecule has 4 aromatic rings. The monoisotopic (exact) mass is 331 g/mol. The van der Waals surface area contributed by atoms with Gasteiger partial charge in [0.1, 0.15) is 11.3 Å². The molecule has 1 aromatic heterocycles. The molecule has 0 fully saturated rings. The second-order valence-corrected chi connectivity index (χ2v) is 5.74. The van der Waals surface area contributed by atoms with E-state index in [1.54, 1.807) is 0 Å². The van der Waals surface area contributed by atoms with Gasteiger partial charge in [0.15, 0.2) is 0 Å². The molecule has 0 aliphatic heterocycles. The maximum Gasteiger partial charge on any atom is 0.253 e. The zero-order chi connectivity index (χ0) is 17.2. The van der Waals surface area contributed by atoms with Crippen molar-refractivity contribution in [3.63, 3.8) is 0 Å². The number of amides is 1. The van der Waals surface area contributed by atoms with Crippen LogP contribution in [-0.2, 0) is 6.54 Å². The third kappa shape index (κ3) is 3.04. The smallest absolute Gasteiger partial charge is 0.253 e. The fourth-order valence-corrected chi connectivity index (χ4v) is 2.84. The molecule has 4 rings (SSSR count). The molecule has 0 spiro atoms. The maximum absolute atomic E-state index is 13.7. The van der Waals surface area contributed by atoms with E-state index >= 15 is 0 Å². The quantitative estimate of drug-likeness (QED) is 0.620. The average molecular weight is 331 g/mol. The molecule has 0 unspecified atom stereocenters. The lowest BCUT2D eigenvalue weighted by atomic mass is 10.1. The normalized spacial score (nSPS) is 10.9. The Labute approximate surface area is 143 Å². The van der Waals surface area contributed by atoms with Gasteiger partial charge < -0.3 is 5.32 Å². The van der Waals surface area contributed by atoms with Gasteiger partial charge in [-0.05, 0) is 28.5 Å². The Kier molecular flexibility index (Phi) is 3.82. The van der Waals surface area contributed by atoms with Crippen LogP contribution < -0.4 is 5.32 Å². The maximum atomic E-state index is 13.7. The molecule has 0 aliphatic rings. The Bertz CT molecular complexity index is 1090. The Morgan fingerprint density at radius 1 is 0.960 bits per heavy atom. The van der Waals surface area contributed by atoms with Crippen molar-refractivity contribution in [1.29, 1.82) is 0 Å². The number of nitrogens with one attached hydrogen (secondary N) is 1. The van der Waals surface area contributed by atoms with Crippen LogP contribution in [0.15, 0.2) is 67.0 Å². The summed E-state index contributed by atoms with van der Waals surface area (Å²) in [5.41, 5.74) is 1.90. The molecule has 0 saturated carbocycles. The van der Waals surface area contributed by atoms with Crippen LogP contribution >= 0.6 is 0 Å². The first kappa shape index (κ1) is 15.2. The van der Waals surface area contributed by atoms with Gasteiger partial charge in [-0.2, -0.15) is 0 Å². The van der Waals surface area contributed by atoms with E-state index in [1.807, 2.05) is 42.5 Å². The molecule has 122 valence electrons. The number of hydrogen-bond donors (Lipinski definition) is 1. The standard InChI is InChI=1S/C20H14FN3O/c21-16-10-17(19-18(11-16)22-7-8-23-19)20(25)24-12-13-5-6-14-3-1-2-4-15(14)9-13/h1-11H,12H2,(H,24,25). The molecule has 4 nitrogen and oxygen atoms in total. The molecular weight excluding hydrogens is 317 g/mol. The Morgan fingerprint density at radius 2 is 1.76 bits per heavy atom. The van der Waals surface area contributed by atoms with Crippen LogP contribution in [0.4, 0.5) is 4.39 Å². The molecule has 0 bridgehead atoms. The van der Waals surface area contributed by atoms with E-state index in [1.165, 1.54) is 24.5 Å². The Balaban J connectivity index is 1.59. The largest absolute Gasteiger partial charge is 0.348 e. The lowest BCUT2D eigenvalue weighted by Gasteiger charge is -2.08. The molecule has 0 saturated heterocycles. The third-order valence-corrected chi connectivity index (χ3v) is 4.05. The number of carbonyl (C=O) groups excluding carboxylic acids is 1. The van der Waals surface area contributed by atoms with Crippen LogP contribution in [0.1, 0.15) is 15.9 Å². The van der Waals surface area contributed by atoms with Crippen LogP contribution in [0.3, 0.4) is 0 Å². The van der Waals surface area contributed by atoms with Crippen molar-refractivity contribution in [1.82, 2.24) is 15.3 Å². The number of halogens is 1. The van der Waals surface area contributed by atoms with E-state index in [4.69, 9.17) is 0 Å². The van der Waals surface area contributed by atoms with Crippen LogP contribution in [0.2, 0.25) is 0 Å². The van der Waals surface area contributed by atoms with E-state index in [9.17, 15) is 9.18 Å². The van der Waals surface area contributed by atoms with Gasteiger partial charge in [-0.15, -0.1) is 0 Å². The fraction of sp³-hybridized carbons (Fsp3) is 0.0500. The Morgan fingerprint density at radius 3 is 2.64 bits per heavy atom. The van der Waals surface area contributed by atoms with Crippen molar-refractivity contribution >= 4 is 27.7 Å². The van der Waals surface area contributed by atoms with Gasteiger partial charge in [-0.1, -0.05) is 36.4 Å². The van der Waals surface area contributed by atoms with Gasteiger partial charge in [0.2, 0.25) is 0 Å². The number of carbonyl (C=O) groups is 1. The number of hydrogen-bond acceptors (Lipinski definition) is 3. The summed E-state index contributed by atoms with van der Waals surface area (Å²) in [5, 5.41) is 5.08. The number of benzene rings is 3. The molecule has 25 heavy (non-hydrogen) atoms. The zero-order valence-electron chi connectivity index (χ0n) is 13.2. The summed E-state index contributed by atoms with van der Waals surface area (Å²) in [6, 6.07) is 16.5. The lowest BCUT2D eigenvalue weighted by molar-refractivity contribution is 0.0952. The average Bonchev–Trinajstić information content (AvgIpc) is 2.65. The van der Waals surface area contributed by atoms with Gasteiger partial charge in [0.05, 0.1) is 11.1 Å². The molecule has 0 radical (unpaired) electrons. The highest BCUT2D eigenvalue weighted by Gasteiger charge is 2.13. The first-order chi connectivity index (χ1) is 12.2.